The zero-order chi connectivity index (χ0) is 96.9. The molecule has 6 aromatic carbocycles. The highest BCUT2D eigenvalue weighted by Crippen LogP contribution is 2.43. The number of β-amino-alcohol motifs (C(OH)–C–C–N with tert-alkyl or cyclic N) is 1. The summed E-state index contributed by atoms with van der Waals surface area (Å²) in [6.45, 7) is 26.3. The van der Waals surface area contributed by atoms with Crippen molar-refractivity contribution in [2.24, 2.45) is 0 Å². The molecule has 0 unspecified atom stereocenters. The Bertz CT molecular complexity index is 6090. The number of benzene rings is 6. The molecular weight excluding hydrogens is 1790 g/mol. The fourth-order valence-electron chi connectivity index (χ4n) is 21.6. The van der Waals surface area contributed by atoms with Crippen molar-refractivity contribution in [1.82, 2.24) is 64.3 Å². The number of aromatic nitrogens is 7. The second kappa shape index (κ2) is 44.6. The number of likely N-dealkylation sites (tertiary alicyclic amines) is 3. The maximum Gasteiger partial charge on any atom is 0.318 e. The van der Waals surface area contributed by atoms with Crippen LogP contribution in [0.2, 0.25) is 5.15 Å². The van der Waals surface area contributed by atoms with E-state index in [0.717, 1.165) is 152 Å². The van der Waals surface area contributed by atoms with E-state index < -0.39 is 60.0 Å². The van der Waals surface area contributed by atoms with Gasteiger partial charge in [-0.15, -0.1) is 0 Å². The lowest BCUT2D eigenvalue weighted by Gasteiger charge is -2.42. The number of halogens is 5. The number of carbonyl (C=O) groups excluding carboxylic acids is 3. The molecule has 29 nitrogen and oxygen atoms in total. The second-order valence-electron chi connectivity index (χ2n) is 37.0. The number of amides is 3. The molecule has 6 fully saturated rings. The number of alkyl halides is 1. The van der Waals surface area contributed by atoms with Crippen molar-refractivity contribution in [2.45, 2.75) is 153 Å². The van der Waals surface area contributed by atoms with Gasteiger partial charge in [-0.3, -0.25) is 29.1 Å². The maximum atomic E-state index is 13.9. The highest BCUT2D eigenvalue weighted by atomic mass is 35.5. The first-order valence-electron chi connectivity index (χ1n) is 48.2. The molecule has 1 N–H and O–H groups in total. The molecule has 0 spiro atoms. The van der Waals surface area contributed by atoms with Crippen molar-refractivity contribution in [2.75, 3.05) is 174 Å². The fourth-order valence-corrected chi connectivity index (χ4v) is 21.9. The third-order valence-electron chi connectivity index (χ3n) is 28.5. The van der Waals surface area contributed by atoms with Crippen molar-refractivity contribution >= 4 is 96.2 Å². The van der Waals surface area contributed by atoms with Gasteiger partial charge in [0.2, 0.25) is 0 Å². The number of fused-ring (bicyclic) bond motifs is 6. The zero-order valence-corrected chi connectivity index (χ0v) is 79.5. The summed E-state index contributed by atoms with van der Waals surface area (Å²) in [6.07, 6.45) is 10.1. The van der Waals surface area contributed by atoms with Crippen LogP contribution in [0.1, 0.15) is 108 Å². The Morgan fingerprint density at radius 1 is 0.432 bits per heavy atom. The number of nitriles is 3. The summed E-state index contributed by atoms with van der Waals surface area (Å²) in [6, 6.07) is 50.4. The van der Waals surface area contributed by atoms with E-state index in [2.05, 4.69) is 193 Å². The molecule has 0 aliphatic carbocycles. The van der Waals surface area contributed by atoms with Crippen molar-refractivity contribution < 1.29 is 51.3 Å². The minimum absolute atomic E-state index is 0.0435. The first-order valence-corrected chi connectivity index (χ1v) is 48.6. The number of anilines is 6. The molecule has 13 heterocycles. The molecule has 34 heteroatoms. The molecule has 9 aliphatic heterocycles. The van der Waals surface area contributed by atoms with Crippen LogP contribution < -0.4 is 43.6 Å². The van der Waals surface area contributed by atoms with Gasteiger partial charge in [0.1, 0.15) is 49.1 Å². The quantitative estimate of drug-likeness (QED) is 0.0284. The summed E-state index contributed by atoms with van der Waals surface area (Å²) < 4.78 is 73.7. The number of nitrogens with zero attached hydrogens (tertiary/aromatic N) is 22. The molecule has 139 heavy (non-hydrogen) atoms. The molecule has 724 valence electrons. The lowest BCUT2D eigenvalue weighted by atomic mass is 9.99. The predicted octanol–water partition coefficient (Wildman–Crippen LogP) is 14.2. The van der Waals surface area contributed by atoms with Crippen LogP contribution in [0, 0.1) is 47.8 Å². The molecule has 3 amide bonds. The summed E-state index contributed by atoms with van der Waals surface area (Å²) >= 11 is 6.57. The number of piperazine rings is 3. The van der Waals surface area contributed by atoms with E-state index in [-0.39, 0.29) is 69.6 Å². The third kappa shape index (κ3) is 21.9. The van der Waals surface area contributed by atoms with Crippen LogP contribution in [0.5, 0.6) is 18.0 Å². The number of hydrogen-bond donors (Lipinski definition) is 1. The molecule has 6 atom stereocenters. The average molecular weight is 1910 g/mol. The van der Waals surface area contributed by atoms with Gasteiger partial charge < -0.3 is 63.4 Å². The minimum atomic E-state index is -1.04. The predicted molar refractivity (Wildman–Crippen MR) is 528 cm³/mol. The molecule has 10 aromatic rings. The van der Waals surface area contributed by atoms with Gasteiger partial charge >= 0.3 is 18.0 Å². The van der Waals surface area contributed by atoms with Crippen molar-refractivity contribution in [3.8, 4) is 36.2 Å². The number of pyridine rings is 1. The van der Waals surface area contributed by atoms with Gasteiger partial charge in [-0.1, -0.05) is 134 Å². The number of carbonyl (C=O) groups is 3. The van der Waals surface area contributed by atoms with Crippen LogP contribution in [0.25, 0.3) is 32.3 Å². The first kappa shape index (κ1) is 97.3. The van der Waals surface area contributed by atoms with E-state index in [1.54, 1.807) is 6.20 Å². The Kier molecular flexibility index (Phi) is 31.2. The van der Waals surface area contributed by atoms with Crippen molar-refractivity contribution in [1.29, 1.82) is 15.8 Å². The molecule has 0 saturated carbocycles. The topological polar surface area (TPSA) is 300 Å². The van der Waals surface area contributed by atoms with Crippen LogP contribution >= 0.6 is 11.6 Å². The number of aryl methyl sites for hydroxylation is 2. The fraction of sp³-hybridized carbons (Fsp3) is 0.438. The van der Waals surface area contributed by atoms with Gasteiger partial charge in [-0.2, -0.15) is 45.7 Å². The summed E-state index contributed by atoms with van der Waals surface area (Å²) in [5.41, 5.74) is 12.7. The van der Waals surface area contributed by atoms with Crippen molar-refractivity contribution in [3.63, 3.8) is 0 Å². The van der Waals surface area contributed by atoms with E-state index >= 15 is 0 Å². The Morgan fingerprint density at radius 2 is 0.791 bits per heavy atom. The first-order chi connectivity index (χ1) is 67.6. The van der Waals surface area contributed by atoms with E-state index in [0.29, 0.717) is 134 Å². The number of hydrogen-bond acceptors (Lipinski definition) is 26. The molecule has 9 aliphatic rings. The summed E-state index contributed by atoms with van der Waals surface area (Å²) in [5, 5.41) is 45.3. The number of aliphatic hydroxyl groups is 1. The highest BCUT2D eigenvalue weighted by Gasteiger charge is 2.41. The Balaban J connectivity index is 0.000000144. The minimum Gasteiger partial charge on any atom is -0.462 e. The number of ether oxygens (including phenoxy) is 3. The summed E-state index contributed by atoms with van der Waals surface area (Å²) in [4.78, 5) is 95.9. The van der Waals surface area contributed by atoms with E-state index in [4.69, 9.17) is 55.7 Å². The molecule has 0 bridgehead atoms. The number of aliphatic hydroxyl groups excluding tert-OH is 1. The Hall–Kier alpha value is -13.4. The van der Waals surface area contributed by atoms with Gasteiger partial charge in [-0.05, 0) is 148 Å². The van der Waals surface area contributed by atoms with Crippen molar-refractivity contribution in [3.05, 3.63) is 226 Å². The number of rotatable bonds is 27. The lowest BCUT2D eigenvalue weighted by molar-refractivity contribution is -0.132. The Labute approximate surface area is 812 Å². The monoisotopic (exact) mass is 1910 g/mol. The van der Waals surface area contributed by atoms with Crippen LogP contribution in [-0.2, 0) is 59.8 Å². The van der Waals surface area contributed by atoms with E-state index in [1.807, 2.05) is 35.2 Å². The second-order valence-corrected chi connectivity index (χ2v) is 37.4. The molecule has 19 rings (SSSR count). The van der Waals surface area contributed by atoms with Gasteiger partial charge in [0.15, 0.2) is 17.5 Å². The Morgan fingerprint density at radius 3 is 1.17 bits per heavy atom. The molecule has 0 radical (unpaired) electrons. The van der Waals surface area contributed by atoms with E-state index in [1.165, 1.54) is 58.6 Å². The average Bonchev–Trinajstić information content (AvgIpc) is 1.73. The summed E-state index contributed by atoms with van der Waals surface area (Å²) in [7, 11) is 0. The van der Waals surface area contributed by atoms with Gasteiger partial charge in [-0.25, -0.2) is 22.5 Å². The van der Waals surface area contributed by atoms with E-state index in [9.17, 15) is 52.8 Å². The normalized spacial score (nSPS) is 20.0. The molecule has 6 saturated heterocycles. The van der Waals surface area contributed by atoms with Crippen LogP contribution in [0.4, 0.5) is 52.1 Å². The van der Waals surface area contributed by atoms with Gasteiger partial charge in [0.05, 0.1) is 98.9 Å². The zero-order valence-electron chi connectivity index (χ0n) is 78.8. The SMILES string of the molecule is C=C(F)C(=O)N1CCN(c2nc(OC[C@@H]3CCCN3CCF)nc3c2CCN(c2cccc4ccnc(Cl)c24)C3)C[C@@H]1CC#N.C=C(F)C(=O)N1CCN(c2nc(OC[C@@H]3CCCN3CCO)nc3c2CCN(c2cccc4cccc(C)c24)C3)C[C@@H]1CC#N.C=C(F)C(=O)N1CCN(c2nc(OC[C@@H]3CCCN3Cc3ccccc3)nc3c2CCN(c2cccc4cccc(C)c24)C3)C[C@@H]1CC#N. The lowest BCUT2D eigenvalue weighted by Crippen LogP contribution is -2.55. The summed E-state index contributed by atoms with van der Waals surface area (Å²) in [5.74, 6) is -3.19. The van der Waals surface area contributed by atoms with Crippen LogP contribution in [0.3, 0.4) is 0 Å². The molecular formula is C105H117ClF4N22O7. The largest absolute Gasteiger partial charge is 0.462 e. The smallest absolute Gasteiger partial charge is 0.318 e. The van der Waals surface area contributed by atoms with Gasteiger partial charge in [0.25, 0.3) is 17.7 Å². The third-order valence-corrected chi connectivity index (χ3v) is 28.8. The maximum absolute atomic E-state index is 13.9. The van der Waals surface area contributed by atoms with Gasteiger partial charge in [0, 0.05) is 172 Å². The van der Waals surface area contributed by atoms with Crippen LogP contribution in [-0.4, -0.2) is 268 Å². The van der Waals surface area contributed by atoms with Crippen LogP contribution in [0.15, 0.2) is 171 Å². The highest BCUT2D eigenvalue weighted by molar-refractivity contribution is 6.35. The molecule has 4 aromatic heterocycles. The standard InChI is InChI=1S/C39H42FN7O2.C34H40FN7O3.C32H35ClF2N8O2/c1-27-9-6-12-30-13-7-15-35(36(27)30)45-20-17-33-34(25-45)42-39(49-26-32-14-8-19-44(32)23-29-10-4-3-5-11-29)43-37(33)46-21-22-47(38(48)28(2)40)31(24-46)16-18-41;1-23-6-3-7-25-8-4-10-30(31(23)25)40-15-12-28-29(21-40)37-34(45-22-27-9-5-14-39(27)18-19-43)38-32(28)41-16-17-42(33(44)24(2)35)26(20-41)11-13-36;1-21(35)31(44)43-17-16-42(18-23(43)7-11-36)30-25-9-14-41(27-6-2-4-22-8-12-37-29(33)28(22)27)19-26(25)38-32(39-30)45-20-24-5-3-13-40(24)15-10-34/h3-7,9-13,15,31-32H,2,8,14,16-17,19-26H2,1H3;3-4,6-8,10,26-27,43H,2,5,9,11-12,14-22H2,1H3;2,4,6,8,12,23-24H,1,3,5,7,9-10,13-20H2/t31-,32-;26-,27-;23-,24-/m000/s1.